The summed E-state index contributed by atoms with van der Waals surface area (Å²) in [7, 11) is 0. The highest BCUT2D eigenvalue weighted by Crippen LogP contribution is 2.29. The third kappa shape index (κ3) is 4.81. The number of piperidine rings is 1. The summed E-state index contributed by atoms with van der Waals surface area (Å²) in [4.78, 5) is 18.7. The molecule has 0 saturated carbocycles. The molecule has 1 atom stereocenters. The molecule has 1 saturated heterocycles. The van der Waals surface area contributed by atoms with Crippen molar-refractivity contribution in [3.05, 3.63) is 69.6 Å². The molecule has 0 amide bonds. The van der Waals surface area contributed by atoms with Gasteiger partial charge in [-0.05, 0) is 50.2 Å². The SMILES string of the molecule is O=c1c(Cl)c(NC[C@@H](c2ccco2)N2CCCCC2)cnn1-c1ccc(C(F)(F)F)cn1. The maximum absolute atomic E-state index is 12.7. The summed E-state index contributed by atoms with van der Waals surface area (Å²) < 4.78 is 44.7. The second-order valence-electron chi connectivity index (χ2n) is 7.50. The van der Waals surface area contributed by atoms with Crippen molar-refractivity contribution in [3.63, 3.8) is 0 Å². The molecule has 0 unspecified atom stereocenters. The van der Waals surface area contributed by atoms with Gasteiger partial charge in [-0.15, -0.1) is 0 Å². The topological polar surface area (TPSA) is 76.2 Å². The first-order valence-corrected chi connectivity index (χ1v) is 10.5. The minimum Gasteiger partial charge on any atom is -0.468 e. The van der Waals surface area contributed by atoms with Crippen LogP contribution in [0.5, 0.6) is 0 Å². The molecule has 0 spiro atoms. The van der Waals surface area contributed by atoms with Crippen LogP contribution in [-0.4, -0.2) is 39.3 Å². The first-order chi connectivity index (χ1) is 15.3. The van der Waals surface area contributed by atoms with Crippen LogP contribution in [0.4, 0.5) is 18.9 Å². The van der Waals surface area contributed by atoms with E-state index in [1.165, 1.54) is 12.6 Å². The Labute approximate surface area is 186 Å². The van der Waals surface area contributed by atoms with E-state index >= 15 is 0 Å². The summed E-state index contributed by atoms with van der Waals surface area (Å²) in [6.07, 6.45) is 2.52. The van der Waals surface area contributed by atoms with Gasteiger partial charge in [-0.1, -0.05) is 18.0 Å². The maximum atomic E-state index is 12.7. The van der Waals surface area contributed by atoms with Crippen LogP contribution < -0.4 is 10.9 Å². The Morgan fingerprint density at radius 1 is 1.16 bits per heavy atom. The third-order valence-electron chi connectivity index (χ3n) is 5.40. The van der Waals surface area contributed by atoms with Crippen LogP contribution >= 0.6 is 11.6 Å². The zero-order valence-electron chi connectivity index (χ0n) is 17.0. The van der Waals surface area contributed by atoms with E-state index in [2.05, 4.69) is 20.3 Å². The minimum absolute atomic E-state index is 0.0413. The number of pyridine rings is 1. The summed E-state index contributed by atoms with van der Waals surface area (Å²) in [5.41, 5.74) is -1.27. The molecule has 4 rings (SSSR count). The van der Waals surface area contributed by atoms with Gasteiger partial charge in [-0.3, -0.25) is 9.69 Å². The van der Waals surface area contributed by atoms with Crippen LogP contribution in [0.25, 0.3) is 5.82 Å². The van der Waals surface area contributed by atoms with E-state index in [4.69, 9.17) is 16.0 Å². The van der Waals surface area contributed by atoms with Crippen LogP contribution in [0, 0.1) is 0 Å². The highest BCUT2D eigenvalue weighted by Gasteiger charge is 2.31. The van der Waals surface area contributed by atoms with Gasteiger partial charge in [0.2, 0.25) is 0 Å². The summed E-state index contributed by atoms with van der Waals surface area (Å²) in [6.45, 7) is 2.33. The Balaban J connectivity index is 1.53. The van der Waals surface area contributed by atoms with E-state index in [-0.39, 0.29) is 16.9 Å². The molecular formula is C21H21ClF3N5O2. The molecule has 1 aliphatic heterocycles. The van der Waals surface area contributed by atoms with E-state index in [0.717, 1.165) is 48.5 Å². The molecular weight excluding hydrogens is 447 g/mol. The normalized spacial score (nSPS) is 16.1. The number of halogens is 4. The largest absolute Gasteiger partial charge is 0.468 e. The highest BCUT2D eigenvalue weighted by atomic mass is 35.5. The van der Waals surface area contributed by atoms with Gasteiger partial charge in [-0.2, -0.15) is 23.0 Å². The van der Waals surface area contributed by atoms with Crippen LogP contribution in [0.15, 0.2) is 52.1 Å². The molecule has 4 heterocycles. The monoisotopic (exact) mass is 467 g/mol. The van der Waals surface area contributed by atoms with Crippen molar-refractivity contribution in [1.82, 2.24) is 19.7 Å². The van der Waals surface area contributed by atoms with Gasteiger partial charge in [0.15, 0.2) is 5.82 Å². The van der Waals surface area contributed by atoms with Gasteiger partial charge >= 0.3 is 6.18 Å². The number of furan rings is 1. The number of nitrogens with one attached hydrogen (secondary N) is 1. The molecule has 32 heavy (non-hydrogen) atoms. The van der Waals surface area contributed by atoms with Gasteiger partial charge in [0.1, 0.15) is 10.8 Å². The van der Waals surface area contributed by atoms with Crippen LogP contribution in [0.1, 0.15) is 36.6 Å². The van der Waals surface area contributed by atoms with Gasteiger partial charge < -0.3 is 9.73 Å². The summed E-state index contributed by atoms with van der Waals surface area (Å²) in [5.74, 6) is 0.754. The number of nitrogens with zero attached hydrogens (tertiary/aromatic N) is 4. The van der Waals surface area contributed by atoms with E-state index in [1.54, 1.807) is 6.26 Å². The summed E-state index contributed by atoms with van der Waals surface area (Å²) >= 11 is 6.27. The number of alkyl halides is 3. The second kappa shape index (κ2) is 9.33. The average molecular weight is 468 g/mol. The number of rotatable bonds is 6. The molecule has 3 aromatic rings. The fourth-order valence-electron chi connectivity index (χ4n) is 3.73. The number of likely N-dealkylation sites (tertiary alicyclic amines) is 1. The lowest BCUT2D eigenvalue weighted by Crippen LogP contribution is -2.37. The molecule has 7 nitrogen and oxygen atoms in total. The van der Waals surface area contributed by atoms with E-state index in [9.17, 15) is 18.0 Å². The zero-order chi connectivity index (χ0) is 22.7. The van der Waals surface area contributed by atoms with E-state index in [0.29, 0.717) is 18.4 Å². The first kappa shape index (κ1) is 22.3. The quantitative estimate of drug-likeness (QED) is 0.574. The van der Waals surface area contributed by atoms with E-state index < -0.39 is 17.3 Å². The zero-order valence-corrected chi connectivity index (χ0v) is 17.7. The Morgan fingerprint density at radius 2 is 1.94 bits per heavy atom. The molecule has 0 radical (unpaired) electrons. The van der Waals surface area contributed by atoms with Gasteiger partial charge in [-0.25, -0.2) is 4.98 Å². The number of aromatic nitrogens is 3. The standard InChI is InChI=1S/C21H21ClF3N5O2/c22-19-15(26-13-16(17-5-4-10-32-17)29-8-2-1-3-9-29)12-28-30(20(19)31)18-7-6-14(11-27-18)21(23,24)25/h4-7,10-12,16,26H,1-3,8-9,13H2/t16-/m0/s1. The molecule has 11 heteroatoms. The van der Waals surface area contributed by atoms with E-state index in [1.807, 2.05) is 12.1 Å². The van der Waals surface area contributed by atoms with Crippen molar-refractivity contribution < 1.29 is 17.6 Å². The third-order valence-corrected chi connectivity index (χ3v) is 5.77. The van der Waals surface area contributed by atoms with Crippen molar-refractivity contribution >= 4 is 17.3 Å². The molecule has 0 aromatic carbocycles. The highest BCUT2D eigenvalue weighted by molar-refractivity contribution is 6.32. The smallest absolute Gasteiger partial charge is 0.417 e. The van der Waals surface area contributed by atoms with Crippen molar-refractivity contribution in [3.8, 4) is 5.82 Å². The molecule has 3 aromatic heterocycles. The number of anilines is 1. The molecule has 0 aliphatic carbocycles. The Bertz CT molecular complexity index is 1090. The number of hydrogen-bond acceptors (Lipinski definition) is 6. The second-order valence-corrected chi connectivity index (χ2v) is 7.88. The molecule has 0 bridgehead atoms. The average Bonchev–Trinajstić information content (AvgIpc) is 3.32. The minimum atomic E-state index is -4.52. The van der Waals surface area contributed by atoms with Crippen molar-refractivity contribution in [1.29, 1.82) is 0 Å². The molecule has 1 fully saturated rings. The Hall–Kier alpha value is -2.85. The molecule has 170 valence electrons. The van der Waals surface area contributed by atoms with Gasteiger partial charge in [0, 0.05) is 12.7 Å². The first-order valence-electron chi connectivity index (χ1n) is 10.2. The fourth-order valence-corrected chi connectivity index (χ4v) is 3.92. The summed E-state index contributed by atoms with van der Waals surface area (Å²) in [5, 5.41) is 7.07. The predicted molar refractivity (Wildman–Crippen MR) is 113 cm³/mol. The van der Waals surface area contributed by atoms with Gasteiger partial charge in [0.25, 0.3) is 5.56 Å². The lowest BCUT2D eigenvalue weighted by atomic mass is 10.1. The van der Waals surface area contributed by atoms with Crippen molar-refractivity contribution in [2.45, 2.75) is 31.5 Å². The van der Waals surface area contributed by atoms with Crippen LogP contribution in [0.2, 0.25) is 5.02 Å². The molecule has 1 aliphatic rings. The van der Waals surface area contributed by atoms with Crippen LogP contribution in [0.3, 0.4) is 0 Å². The number of hydrogen-bond donors (Lipinski definition) is 1. The van der Waals surface area contributed by atoms with Crippen molar-refractivity contribution in [2.75, 3.05) is 25.0 Å². The Kier molecular flexibility index (Phi) is 6.52. The lowest BCUT2D eigenvalue weighted by Gasteiger charge is -2.33. The van der Waals surface area contributed by atoms with Crippen LogP contribution in [-0.2, 0) is 6.18 Å². The maximum Gasteiger partial charge on any atom is 0.417 e. The fraction of sp³-hybridized carbons (Fsp3) is 0.381. The van der Waals surface area contributed by atoms with Gasteiger partial charge in [0.05, 0.1) is 29.8 Å². The predicted octanol–water partition coefficient (Wildman–Crippen LogP) is 4.53. The molecule has 1 N–H and O–H groups in total. The Morgan fingerprint density at radius 3 is 2.56 bits per heavy atom. The van der Waals surface area contributed by atoms with Crippen molar-refractivity contribution in [2.24, 2.45) is 0 Å². The lowest BCUT2D eigenvalue weighted by molar-refractivity contribution is -0.137. The summed E-state index contributed by atoms with van der Waals surface area (Å²) in [6, 6.07) is 5.61.